The molecule has 2 heteroatoms. The van der Waals surface area contributed by atoms with Crippen molar-refractivity contribution in [3.05, 3.63) is 0 Å². The number of aliphatic carboxylic acids is 1. The molecule has 13 heavy (non-hydrogen) atoms. The van der Waals surface area contributed by atoms with Gasteiger partial charge in [0.05, 0.1) is 0 Å². The molecular formula is C11H18O2. The first-order valence-corrected chi connectivity index (χ1v) is 5.47. The first kappa shape index (κ1) is 9.04. The molecule has 2 fully saturated rings. The van der Waals surface area contributed by atoms with E-state index in [4.69, 9.17) is 5.11 Å². The molecule has 3 unspecified atom stereocenters. The second kappa shape index (κ2) is 3.69. The maximum atomic E-state index is 10.6. The Bertz CT molecular complexity index is 200. The second-order valence-electron chi connectivity index (χ2n) is 4.73. The second-order valence-corrected chi connectivity index (χ2v) is 4.73. The van der Waals surface area contributed by atoms with Gasteiger partial charge in [-0.2, -0.15) is 0 Å². The van der Waals surface area contributed by atoms with Gasteiger partial charge in [-0.25, -0.2) is 0 Å². The normalized spacial score (nSPS) is 38.6. The molecule has 0 spiro atoms. The maximum absolute atomic E-state index is 10.6. The number of carbonyl (C=O) groups is 1. The summed E-state index contributed by atoms with van der Waals surface area (Å²) in [6.07, 6.45) is 8.20. The summed E-state index contributed by atoms with van der Waals surface area (Å²) in [6, 6.07) is 0. The summed E-state index contributed by atoms with van der Waals surface area (Å²) < 4.78 is 0. The van der Waals surface area contributed by atoms with Crippen LogP contribution in [0.3, 0.4) is 0 Å². The molecule has 0 aromatic carbocycles. The third kappa shape index (κ3) is 2.04. The molecular weight excluding hydrogens is 164 g/mol. The summed E-state index contributed by atoms with van der Waals surface area (Å²) in [6.45, 7) is 0. The summed E-state index contributed by atoms with van der Waals surface area (Å²) in [5.41, 5.74) is 0. The van der Waals surface area contributed by atoms with Gasteiger partial charge < -0.3 is 5.11 Å². The van der Waals surface area contributed by atoms with Gasteiger partial charge in [0.25, 0.3) is 0 Å². The summed E-state index contributed by atoms with van der Waals surface area (Å²) in [4.78, 5) is 10.6. The topological polar surface area (TPSA) is 37.3 Å². The van der Waals surface area contributed by atoms with Gasteiger partial charge in [0.2, 0.25) is 0 Å². The summed E-state index contributed by atoms with van der Waals surface area (Å²) in [7, 11) is 0. The average molecular weight is 182 g/mol. The monoisotopic (exact) mass is 182 g/mol. The van der Waals surface area contributed by atoms with Crippen LogP contribution in [0.25, 0.3) is 0 Å². The van der Waals surface area contributed by atoms with Crippen LogP contribution in [0.1, 0.15) is 44.9 Å². The fourth-order valence-electron chi connectivity index (χ4n) is 3.23. The van der Waals surface area contributed by atoms with Crippen LogP contribution in [0.4, 0.5) is 0 Å². The standard InChI is InChI=1S/C11H18O2/c12-11(13)7-8-4-5-9-2-1-3-10(9)6-8/h8-10H,1-7H2,(H,12,13). The van der Waals surface area contributed by atoms with E-state index < -0.39 is 5.97 Å². The van der Waals surface area contributed by atoms with Gasteiger partial charge in [0.1, 0.15) is 0 Å². The zero-order chi connectivity index (χ0) is 9.26. The van der Waals surface area contributed by atoms with Crippen molar-refractivity contribution in [2.45, 2.75) is 44.9 Å². The average Bonchev–Trinajstić information content (AvgIpc) is 2.49. The van der Waals surface area contributed by atoms with E-state index in [1.54, 1.807) is 0 Å². The summed E-state index contributed by atoms with van der Waals surface area (Å²) >= 11 is 0. The lowest BCUT2D eigenvalue weighted by atomic mass is 9.75. The minimum atomic E-state index is -0.610. The Morgan fingerprint density at radius 2 is 1.92 bits per heavy atom. The molecule has 74 valence electrons. The molecule has 2 aliphatic carbocycles. The number of fused-ring (bicyclic) bond motifs is 1. The number of carboxylic acids is 1. The van der Waals surface area contributed by atoms with Gasteiger partial charge in [-0.15, -0.1) is 0 Å². The molecule has 0 bridgehead atoms. The van der Waals surface area contributed by atoms with E-state index in [1.807, 2.05) is 0 Å². The van der Waals surface area contributed by atoms with Crippen LogP contribution in [0.2, 0.25) is 0 Å². The SMILES string of the molecule is O=C(O)CC1CCC2CCCC2C1. The van der Waals surface area contributed by atoms with Gasteiger partial charge >= 0.3 is 5.97 Å². The zero-order valence-electron chi connectivity index (χ0n) is 8.04. The highest BCUT2D eigenvalue weighted by molar-refractivity contribution is 5.67. The van der Waals surface area contributed by atoms with Gasteiger partial charge in [-0.05, 0) is 37.0 Å². The molecule has 2 rings (SSSR count). The van der Waals surface area contributed by atoms with Crippen LogP contribution in [0.5, 0.6) is 0 Å². The van der Waals surface area contributed by atoms with E-state index in [0.29, 0.717) is 12.3 Å². The van der Waals surface area contributed by atoms with E-state index in [1.165, 1.54) is 32.1 Å². The van der Waals surface area contributed by atoms with Crippen LogP contribution in [0, 0.1) is 17.8 Å². The Morgan fingerprint density at radius 1 is 1.15 bits per heavy atom. The van der Waals surface area contributed by atoms with E-state index in [0.717, 1.165) is 18.3 Å². The quantitative estimate of drug-likeness (QED) is 0.713. The van der Waals surface area contributed by atoms with E-state index in [2.05, 4.69) is 0 Å². The number of carboxylic acid groups (broad SMARTS) is 1. The zero-order valence-corrected chi connectivity index (χ0v) is 8.04. The van der Waals surface area contributed by atoms with Crippen molar-refractivity contribution in [2.24, 2.45) is 17.8 Å². The molecule has 2 nitrogen and oxygen atoms in total. The first-order valence-electron chi connectivity index (χ1n) is 5.47. The fourth-order valence-corrected chi connectivity index (χ4v) is 3.23. The number of rotatable bonds is 2. The molecule has 0 amide bonds. The van der Waals surface area contributed by atoms with Gasteiger partial charge in [-0.1, -0.05) is 19.3 Å². The predicted molar refractivity (Wildman–Crippen MR) is 50.4 cm³/mol. The van der Waals surface area contributed by atoms with E-state index in [9.17, 15) is 4.79 Å². The predicted octanol–water partition coefficient (Wildman–Crippen LogP) is 2.68. The lowest BCUT2D eigenvalue weighted by Crippen LogP contribution is -2.22. The van der Waals surface area contributed by atoms with Gasteiger partial charge in [-0.3, -0.25) is 4.79 Å². The smallest absolute Gasteiger partial charge is 0.303 e. The lowest BCUT2D eigenvalue weighted by Gasteiger charge is -2.30. The minimum absolute atomic E-state index is 0.406. The highest BCUT2D eigenvalue weighted by atomic mass is 16.4. The van der Waals surface area contributed by atoms with Crippen molar-refractivity contribution >= 4 is 5.97 Å². The molecule has 2 aliphatic rings. The highest BCUT2D eigenvalue weighted by Crippen LogP contribution is 2.44. The Hall–Kier alpha value is -0.530. The molecule has 0 aromatic heterocycles. The Balaban J connectivity index is 1.86. The maximum Gasteiger partial charge on any atom is 0.303 e. The van der Waals surface area contributed by atoms with Gasteiger partial charge in [0.15, 0.2) is 0 Å². The van der Waals surface area contributed by atoms with Crippen molar-refractivity contribution < 1.29 is 9.90 Å². The van der Waals surface area contributed by atoms with Crippen molar-refractivity contribution in [3.63, 3.8) is 0 Å². The molecule has 1 N–H and O–H groups in total. The molecule has 3 atom stereocenters. The van der Waals surface area contributed by atoms with Crippen LogP contribution in [-0.2, 0) is 4.79 Å². The molecule has 0 radical (unpaired) electrons. The van der Waals surface area contributed by atoms with Crippen LogP contribution >= 0.6 is 0 Å². The van der Waals surface area contributed by atoms with Crippen LogP contribution in [-0.4, -0.2) is 11.1 Å². The van der Waals surface area contributed by atoms with Crippen molar-refractivity contribution in [3.8, 4) is 0 Å². The minimum Gasteiger partial charge on any atom is -0.481 e. The first-order chi connectivity index (χ1) is 6.25. The van der Waals surface area contributed by atoms with Gasteiger partial charge in [0, 0.05) is 6.42 Å². The lowest BCUT2D eigenvalue weighted by molar-refractivity contribution is -0.138. The Morgan fingerprint density at radius 3 is 2.69 bits per heavy atom. The van der Waals surface area contributed by atoms with Crippen LogP contribution < -0.4 is 0 Å². The van der Waals surface area contributed by atoms with Crippen molar-refractivity contribution in [1.82, 2.24) is 0 Å². The van der Waals surface area contributed by atoms with E-state index >= 15 is 0 Å². The summed E-state index contributed by atoms with van der Waals surface area (Å²) in [5, 5.41) is 8.71. The molecule has 0 aromatic rings. The Labute approximate surface area is 79.3 Å². The van der Waals surface area contributed by atoms with Crippen molar-refractivity contribution in [2.75, 3.05) is 0 Å². The molecule has 0 saturated heterocycles. The van der Waals surface area contributed by atoms with Crippen molar-refractivity contribution in [1.29, 1.82) is 0 Å². The van der Waals surface area contributed by atoms with Crippen LogP contribution in [0.15, 0.2) is 0 Å². The molecule has 2 saturated carbocycles. The number of hydrogen-bond donors (Lipinski definition) is 1. The largest absolute Gasteiger partial charge is 0.481 e. The van der Waals surface area contributed by atoms with E-state index in [-0.39, 0.29) is 0 Å². The molecule has 0 heterocycles. The number of hydrogen-bond acceptors (Lipinski definition) is 1. The Kier molecular flexibility index (Phi) is 2.56. The third-order valence-corrected chi connectivity index (χ3v) is 3.86. The molecule has 0 aliphatic heterocycles. The fraction of sp³-hybridized carbons (Fsp3) is 0.909. The summed E-state index contributed by atoms with van der Waals surface area (Å²) in [5.74, 6) is 1.70. The highest BCUT2D eigenvalue weighted by Gasteiger charge is 2.34. The third-order valence-electron chi connectivity index (χ3n) is 3.86.